The molecule has 130 valence electrons. The molecule has 2 aromatic heterocycles. The highest BCUT2D eigenvalue weighted by atomic mass is 32.1. The monoisotopic (exact) mass is 355 g/mol. The van der Waals surface area contributed by atoms with Crippen LogP contribution in [-0.4, -0.2) is 18.6 Å². The topological polar surface area (TPSA) is 42.7 Å². The standard InChI is InChI=1S/C20H21NO3S/c1-3-17-16-7-9-25-19(16)6-8-21(17)12-13-10-20(22)24-18-11-14(23-2)4-5-15(13)18/h4-5,7,9-11,17H,3,6,8,12H2,1-2H3/t17-/m0/s1. The van der Waals surface area contributed by atoms with E-state index in [1.165, 1.54) is 10.4 Å². The van der Waals surface area contributed by atoms with Crippen molar-refractivity contribution in [1.29, 1.82) is 0 Å². The van der Waals surface area contributed by atoms with E-state index in [0.29, 0.717) is 17.4 Å². The molecular weight excluding hydrogens is 334 g/mol. The van der Waals surface area contributed by atoms with Gasteiger partial charge in [0, 0.05) is 41.5 Å². The largest absolute Gasteiger partial charge is 0.497 e. The molecule has 0 bridgehead atoms. The maximum atomic E-state index is 12.0. The average Bonchev–Trinajstić information content (AvgIpc) is 3.09. The van der Waals surface area contributed by atoms with Crippen molar-refractivity contribution in [3.8, 4) is 5.75 Å². The Kier molecular flexibility index (Phi) is 4.36. The fourth-order valence-corrected chi connectivity index (χ4v) is 4.73. The van der Waals surface area contributed by atoms with Crippen LogP contribution in [0, 0.1) is 0 Å². The van der Waals surface area contributed by atoms with Gasteiger partial charge >= 0.3 is 5.63 Å². The zero-order chi connectivity index (χ0) is 17.4. The molecule has 0 amide bonds. The van der Waals surface area contributed by atoms with Crippen molar-refractivity contribution in [1.82, 2.24) is 4.90 Å². The first-order valence-corrected chi connectivity index (χ1v) is 9.48. The number of rotatable bonds is 4. The third kappa shape index (κ3) is 2.98. The summed E-state index contributed by atoms with van der Waals surface area (Å²) >= 11 is 1.86. The molecule has 0 N–H and O–H groups in total. The number of thiophene rings is 1. The van der Waals surface area contributed by atoms with E-state index in [9.17, 15) is 4.79 Å². The normalized spacial score (nSPS) is 17.6. The fraction of sp³-hybridized carbons (Fsp3) is 0.350. The number of nitrogens with zero attached hydrogens (tertiary/aromatic N) is 1. The molecular formula is C20H21NO3S. The zero-order valence-electron chi connectivity index (χ0n) is 14.5. The first-order valence-electron chi connectivity index (χ1n) is 8.60. The van der Waals surface area contributed by atoms with Gasteiger partial charge in [0.2, 0.25) is 0 Å². The van der Waals surface area contributed by atoms with Crippen molar-refractivity contribution in [3.05, 3.63) is 62.1 Å². The quantitative estimate of drug-likeness (QED) is 0.652. The number of fused-ring (bicyclic) bond motifs is 2. The van der Waals surface area contributed by atoms with Crippen LogP contribution in [0.5, 0.6) is 5.75 Å². The van der Waals surface area contributed by atoms with Crippen LogP contribution < -0.4 is 10.4 Å². The van der Waals surface area contributed by atoms with Gasteiger partial charge in [-0.05, 0) is 47.5 Å². The molecule has 0 aliphatic carbocycles. The maximum Gasteiger partial charge on any atom is 0.336 e. The Morgan fingerprint density at radius 1 is 1.32 bits per heavy atom. The molecule has 0 radical (unpaired) electrons. The van der Waals surface area contributed by atoms with Gasteiger partial charge in [-0.25, -0.2) is 4.79 Å². The molecule has 1 aliphatic rings. The molecule has 0 spiro atoms. The Balaban J connectivity index is 1.72. The van der Waals surface area contributed by atoms with Crippen molar-refractivity contribution in [2.75, 3.05) is 13.7 Å². The summed E-state index contributed by atoms with van der Waals surface area (Å²) < 4.78 is 10.6. The zero-order valence-corrected chi connectivity index (χ0v) is 15.3. The van der Waals surface area contributed by atoms with E-state index in [4.69, 9.17) is 9.15 Å². The number of benzene rings is 1. The Bertz CT molecular complexity index is 959. The predicted octanol–water partition coefficient (Wildman–Crippen LogP) is 4.37. The van der Waals surface area contributed by atoms with Crippen LogP contribution in [0.15, 0.2) is 44.9 Å². The molecule has 4 rings (SSSR count). The summed E-state index contributed by atoms with van der Waals surface area (Å²) in [6.07, 6.45) is 2.15. The van der Waals surface area contributed by atoms with Gasteiger partial charge < -0.3 is 9.15 Å². The van der Waals surface area contributed by atoms with Gasteiger partial charge in [0.1, 0.15) is 11.3 Å². The highest BCUT2D eigenvalue weighted by Crippen LogP contribution is 2.36. The van der Waals surface area contributed by atoms with Crippen molar-refractivity contribution in [2.45, 2.75) is 32.4 Å². The second kappa shape index (κ2) is 6.65. The average molecular weight is 355 g/mol. The molecule has 1 aromatic carbocycles. The van der Waals surface area contributed by atoms with Gasteiger partial charge in [-0.15, -0.1) is 11.3 Å². The lowest BCUT2D eigenvalue weighted by atomic mass is 9.96. The van der Waals surface area contributed by atoms with Crippen molar-refractivity contribution in [2.24, 2.45) is 0 Å². The summed E-state index contributed by atoms with van der Waals surface area (Å²) in [6, 6.07) is 9.97. The van der Waals surface area contributed by atoms with Gasteiger partial charge in [0.05, 0.1) is 7.11 Å². The molecule has 5 heteroatoms. The minimum Gasteiger partial charge on any atom is -0.497 e. The van der Waals surface area contributed by atoms with Gasteiger partial charge in [0.25, 0.3) is 0 Å². The van der Waals surface area contributed by atoms with E-state index >= 15 is 0 Å². The lowest BCUT2D eigenvalue weighted by Crippen LogP contribution is -2.34. The van der Waals surface area contributed by atoms with E-state index < -0.39 is 0 Å². The molecule has 0 unspecified atom stereocenters. The molecule has 1 atom stereocenters. The van der Waals surface area contributed by atoms with Gasteiger partial charge in [-0.3, -0.25) is 4.90 Å². The lowest BCUT2D eigenvalue weighted by Gasteiger charge is -2.35. The van der Waals surface area contributed by atoms with Gasteiger partial charge in [0.15, 0.2) is 0 Å². The molecule has 25 heavy (non-hydrogen) atoms. The number of ether oxygens (including phenoxy) is 1. The third-order valence-corrected chi connectivity index (χ3v) is 6.00. The second-order valence-electron chi connectivity index (χ2n) is 6.40. The summed E-state index contributed by atoms with van der Waals surface area (Å²) in [5.74, 6) is 0.695. The summed E-state index contributed by atoms with van der Waals surface area (Å²) in [5.41, 5.74) is 2.75. The number of methoxy groups -OCH3 is 1. The lowest BCUT2D eigenvalue weighted by molar-refractivity contribution is 0.173. The van der Waals surface area contributed by atoms with Gasteiger partial charge in [-0.2, -0.15) is 0 Å². The molecule has 4 nitrogen and oxygen atoms in total. The van der Waals surface area contributed by atoms with E-state index in [1.54, 1.807) is 19.2 Å². The molecule has 1 aliphatic heterocycles. The fourth-order valence-electron chi connectivity index (χ4n) is 3.80. The number of hydrogen-bond acceptors (Lipinski definition) is 5. The van der Waals surface area contributed by atoms with E-state index in [-0.39, 0.29) is 5.63 Å². The first kappa shape index (κ1) is 16.4. The maximum absolute atomic E-state index is 12.0. The summed E-state index contributed by atoms with van der Waals surface area (Å²) in [6.45, 7) is 4.00. The molecule has 0 fully saturated rings. The van der Waals surface area contributed by atoms with Gasteiger partial charge in [-0.1, -0.05) is 6.92 Å². The highest BCUT2D eigenvalue weighted by Gasteiger charge is 2.27. The summed E-state index contributed by atoms with van der Waals surface area (Å²) in [7, 11) is 1.61. The van der Waals surface area contributed by atoms with Crippen LogP contribution in [0.3, 0.4) is 0 Å². The van der Waals surface area contributed by atoms with Crippen LogP contribution in [0.25, 0.3) is 11.0 Å². The Morgan fingerprint density at radius 3 is 3.00 bits per heavy atom. The SMILES string of the molecule is CC[C@H]1c2ccsc2CCN1Cc1cc(=O)oc2cc(OC)ccc12. The van der Waals surface area contributed by atoms with E-state index in [1.807, 2.05) is 23.5 Å². The minimum atomic E-state index is -0.308. The first-order chi connectivity index (χ1) is 12.2. The molecule has 0 saturated heterocycles. The summed E-state index contributed by atoms with van der Waals surface area (Å²) in [5, 5.41) is 3.17. The van der Waals surface area contributed by atoms with Crippen molar-refractivity contribution < 1.29 is 9.15 Å². The smallest absolute Gasteiger partial charge is 0.336 e. The Morgan fingerprint density at radius 2 is 2.20 bits per heavy atom. The highest BCUT2D eigenvalue weighted by molar-refractivity contribution is 7.10. The molecule has 3 aromatic rings. The minimum absolute atomic E-state index is 0.308. The Hall–Kier alpha value is -2.11. The van der Waals surface area contributed by atoms with Crippen molar-refractivity contribution >= 4 is 22.3 Å². The van der Waals surface area contributed by atoms with Crippen LogP contribution >= 0.6 is 11.3 Å². The van der Waals surface area contributed by atoms with Crippen LogP contribution in [0.4, 0.5) is 0 Å². The van der Waals surface area contributed by atoms with Crippen LogP contribution in [0.2, 0.25) is 0 Å². The van der Waals surface area contributed by atoms with E-state index in [2.05, 4.69) is 23.3 Å². The number of hydrogen-bond donors (Lipinski definition) is 0. The van der Waals surface area contributed by atoms with E-state index in [0.717, 1.165) is 36.9 Å². The molecule has 0 saturated carbocycles. The van der Waals surface area contributed by atoms with Crippen LogP contribution in [0.1, 0.15) is 35.4 Å². The second-order valence-corrected chi connectivity index (χ2v) is 7.40. The molecule has 3 heterocycles. The Labute approximate surface area is 150 Å². The predicted molar refractivity (Wildman–Crippen MR) is 101 cm³/mol. The van der Waals surface area contributed by atoms with Crippen LogP contribution in [-0.2, 0) is 13.0 Å². The summed E-state index contributed by atoms with van der Waals surface area (Å²) in [4.78, 5) is 16.0. The third-order valence-electron chi connectivity index (χ3n) is 5.00. The van der Waals surface area contributed by atoms with Crippen molar-refractivity contribution in [3.63, 3.8) is 0 Å².